The first-order valence-electron chi connectivity index (χ1n) is 6.26. The fourth-order valence-electron chi connectivity index (χ4n) is 2.67. The lowest BCUT2D eigenvalue weighted by atomic mass is 9.84. The van der Waals surface area contributed by atoms with Crippen LogP contribution in [-0.2, 0) is 10.4 Å². The standard InChI is InChI=1S/C16H13BrO3/c1-9-8-12-13(10(2)14(9)17)16(19,15(18)20-12)11-6-4-3-5-7-11/h3-8,19H,1-2H3/t16-/m0/s1. The predicted octanol–water partition coefficient (Wildman–Crippen LogP) is 3.22. The monoisotopic (exact) mass is 332 g/mol. The van der Waals surface area contributed by atoms with Crippen LogP contribution in [0.1, 0.15) is 22.3 Å². The van der Waals surface area contributed by atoms with Gasteiger partial charge >= 0.3 is 5.97 Å². The Morgan fingerprint density at radius 2 is 1.85 bits per heavy atom. The van der Waals surface area contributed by atoms with Crippen LogP contribution in [0.15, 0.2) is 40.9 Å². The molecule has 20 heavy (non-hydrogen) atoms. The Morgan fingerprint density at radius 1 is 1.20 bits per heavy atom. The number of hydrogen-bond acceptors (Lipinski definition) is 3. The highest BCUT2D eigenvalue weighted by Gasteiger charge is 2.50. The van der Waals surface area contributed by atoms with E-state index in [4.69, 9.17) is 4.74 Å². The summed E-state index contributed by atoms with van der Waals surface area (Å²) in [7, 11) is 0. The van der Waals surface area contributed by atoms with Gasteiger partial charge in [-0.25, -0.2) is 4.79 Å². The molecular formula is C16H13BrO3. The van der Waals surface area contributed by atoms with E-state index < -0.39 is 11.6 Å². The van der Waals surface area contributed by atoms with Crippen molar-refractivity contribution in [2.45, 2.75) is 19.4 Å². The Morgan fingerprint density at radius 3 is 2.50 bits per heavy atom. The first-order chi connectivity index (χ1) is 9.46. The van der Waals surface area contributed by atoms with Crippen LogP contribution in [0.3, 0.4) is 0 Å². The summed E-state index contributed by atoms with van der Waals surface area (Å²) in [5.74, 6) is -0.223. The topological polar surface area (TPSA) is 46.5 Å². The van der Waals surface area contributed by atoms with Crippen LogP contribution in [0, 0.1) is 13.8 Å². The summed E-state index contributed by atoms with van der Waals surface area (Å²) in [6.07, 6.45) is 0. The molecule has 1 aliphatic heterocycles. The Balaban J connectivity index is 2.33. The first-order valence-corrected chi connectivity index (χ1v) is 7.06. The third-order valence-corrected chi connectivity index (χ3v) is 4.92. The van der Waals surface area contributed by atoms with E-state index in [-0.39, 0.29) is 0 Å². The maximum Gasteiger partial charge on any atom is 0.353 e. The molecule has 2 aromatic carbocycles. The van der Waals surface area contributed by atoms with E-state index in [1.54, 1.807) is 30.3 Å². The van der Waals surface area contributed by atoms with Gasteiger partial charge in [-0.2, -0.15) is 0 Å². The normalized spacial score (nSPS) is 20.7. The Hall–Kier alpha value is -1.65. The van der Waals surface area contributed by atoms with E-state index in [1.807, 2.05) is 19.9 Å². The lowest BCUT2D eigenvalue weighted by molar-refractivity contribution is -0.147. The second-order valence-electron chi connectivity index (χ2n) is 4.97. The van der Waals surface area contributed by atoms with Gasteiger partial charge in [0, 0.05) is 10.0 Å². The van der Waals surface area contributed by atoms with E-state index in [1.165, 1.54) is 0 Å². The summed E-state index contributed by atoms with van der Waals surface area (Å²) in [6.45, 7) is 3.79. The van der Waals surface area contributed by atoms with Crippen molar-refractivity contribution in [3.8, 4) is 5.75 Å². The minimum absolute atomic E-state index is 0.430. The molecule has 0 aromatic heterocycles. The molecule has 1 aliphatic rings. The highest BCUT2D eigenvalue weighted by atomic mass is 79.9. The van der Waals surface area contributed by atoms with Gasteiger partial charge in [0.05, 0.1) is 0 Å². The summed E-state index contributed by atoms with van der Waals surface area (Å²) >= 11 is 3.50. The fourth-order valence-corrected chi connectivity index (χ4v) is 2.98. The number of benzene rings is 2. The fraction of sp³-hybridized carbons (Fsp3) is 0.188. The minimum Gasteiger partial charge on any atom is -0.423 e. The molecule has 0 aliphatic carbocycles. The van der Waals surface area contributed by atoms with Crippen molar-refractivity contribution in [3.63, 3.8) is 0 Å². The van der Waals surface area contributed by atoms with Gasteiger partial charge in [0.25, 0.3) is 0 Å². The average Bonchev–Trinajstić information content (AvgIpc) is 2.70. The molecule has 1 atom stereocenters. The van der Waals surface area contributed by atoms with Crippen LogP contribution in [0.25, 0.3) is 0 Å². The molecule has 1 heterocycles. The van der Waals surface area contributed by atoms with Gasteiger partial charge in [-0.15, -0.1) is 0 Å². The number of aryl methyl sites for hydroxylation is 1. The van der Waals surface area contributed by atoms with E-state index in [0.717, 1.165) is 15.6 Å². The largest absolute Gasteiger partial charge is 0.423 e. The Labute approximate surface area is 125 Å². The van der Waals surface area contributed by atoms with Gasteiger partial charge in [0.2, 0.25) is 5.60 Å². The summed E-state index contributed by atoms with van der Waals surface area (Å²) in [4.78, 5) is 12.2. The van der Waals surface area contributed by atoms with E-state index >= 15 is 0 Å². The molecule has 4 heteroatoms. The van der Waals surface area contributed by atoms with E-state index in [9.17, 15) is 9.90 Å². The number of halogens is 1. The van der Waals surface area contributed by atoms with Gasteiger partial charge in [-0.3, -0.25) is 0 Å². The number of rotatable bonds is 1. The van der Waals surface area contributed by atoms with Gasteiger partial charge in [-0.05, 0) is 36.6 Å². The van der Waals surface area contributed by atoms with E-state index in [0.29, 0.717) is 16.9 Å². The van der Waals surface area contributed by atoms with Gasteiger partial charge < -0.3 is 9.84 Å². The van der Waals surface area contributed by atoms with Crippen LogP contribution < -0.4 is 4.74 Å². The lowest BCUT2D eigenvalue weighted by Gasteiger charge is -2.22. The first kappa shape index (κ1) is 13.3. The number of aliphatic hydroxyl groups is 1. The molecule has 0 saturated carbocycles. The number of carbonyl (C=O) groups excluding carboxylic acids is 1. The Kier molecular flexibility index (Phi) is 2.96. The molecule has 0 bridgehead atoms. The van der Waals surface area contributed by atoms with Crippen LogP contribution in [-0.4, -0.2) is 11.1 Å². The number of fused-ring (bicyclic) bond motifs is 1. The molecule has 0 unspecified atom stereocenters. The molecule has 0 fully saturated rings. The Bertz CT molecular complexity index is 709. The zero-order valence-corrected chi connectivity index (χ0v) is 12.7. The highest BCUT2D eigenvalue weighted by molar-refractivity contribution is 9.10. The molecule has 102 valence electrons. The lowest BCUT2D eigenvalue weighted by Crippen LogP contribution is -2.35. The van der Waals surface area contributed by atoms with Crippen molar-refractivity contribution in [1.82, 2.24) is 0 Å². The molecule has 0 saturated heterocycles. The van der Waals surface area contributed by atoms with Crippen molar-refractivity contribution < 1.29 is 14.6 Å². The van der Waals surface area contributed by atoms with E-state index in [2.05, 4.69) is 15.9 Å². The zero-order chi connectivity index (χ0) is 14.5. The summed E-state index contributed by atoms with van der Waals surface area (Å²) in [5, 5.41) is 11.0. The smallest absolute Gasteiger partial charge is 0.353 e. The van der Waals surface area contributed by atoms with Crippen molar-refractivity contribution in [2.24, 2.45) is 0 Å². The minimum atomic E-state index is -1.74. The quantitative estimate of drug-likeness (QED) is 0.644. The summed E-state index contributed by atoms with van der Waals surface area (Å²) in [6, 6.07) is 10.6. The van der Waals surface area contributed by atoms with Gasteiger partial charge in [0.1, 0.15) is 5.75 Å². The number of esters is 1. The molecular weight excluding hydrogens is 320 g/mol. The highest BCUT2D eigenvalue weighted by Crippen LogP contribution is 2.47. The third-order valence-electron chi connectivity index (χ3n) is 3.70. The van der Waals surface area contributed by atoms with Gasteiger partial charge in [-0.1, -0.05) is 46.3 Å². The second kappa shape index (κ2) is 4.43. The number of carbonyl (C=O) groups is 1. The third kappa shape index (κ3) is 1.65. The number of ether oxygens (including phenoxy) is 1. The van der Waals surface area contributed by atoms with Crippen LogP contribution in [0.2, 0.25) is 0 Å². The molecule has 3 nitrogen and oxygen atoms in total. The maximum atomic E-state index is 12.2. The van der Waals surface area contributed by atoms with Crippen molar-refractivity contribution >= 4 is 21.9 Å². The molecule has 0 spiro atoms. The van der Waals surface area contributed by atoms with Crippen LogP contribution >= 0.6 is 15.9 Å². The molecule has 3 rings (SSSR count). The summed E-state index contributed by atoms with van der Waals surface area (Å²) < 4.78 is 6.16. The predicted molar refractivity (Wildman–Crippen MR) is 78.7 cm³/mol. The molecule has 2 aromatic rings. The van der Waals surface area contributed by atoms with Crippen molar-refractivity contribution in [1.29, 1.82) is 0 Å². The van der Waals surface area contributed by atoms with Crippen LogP contribution in [0.5, 0.6) is 5.75 Å². The van der Waals surface area contributed by atoms with Crippen molar-refractivity contribution in [2.75, 3.05) is 0 Å². The maximum absolute atomic E-state index is 12.2. The summed E-state index contributed by atoms with van der Waals surface area (Å²) in [5.41, 5.74) is 1.08. The SMILES string of the molecule is Cc1cc2c(c(C)c1Br)[C@@](O)(c1ccccc1)C(=O)O2. The molecule has 0 amide bonds. The average molecular weight is 333 g/mol. The van der Waals surface area contributed by atoms with Gasteiger partial charge in [0.15, 0.2) is 0 Å². The number of hydrogen-bond donors (Lipinski definition) is 1. The molecule has 1 N–H and O–H groups in total. The van der Waals surface area contributed by atoms with Crippen molar-refractivity contribution in [3.05, 3.63) is 63.1 Å². The zero-order valence-electron chi connectivity index (χ0n) is 11.1. The molecule has 0 radical (unpaired) electrons. The van der Waals surface area contributed by atoms with Crippen LogP contribution in [0.4, 0.5) is 0 Å². The second-order valence-corrected chi connectivity index (χ2v) is 5.76.